The zero-order chi connectivity index (χ0) is 13.5. The van der Waals surface area contributed by atoms with E-state index in [9.17, 15) is 0 Å². The molecule has 0 radical (unpaired) electrons. The molecule has 0 aliphatic rings. The Labute approximate surface area is 115 Å². The van der Waals surface area contributed by atoms with Crippen molar-refractivity contribution in [2.75, 3.05) is 20.3 Å². The van der Waals surface area contributed by atoms with Crippen molar-refractivity contribution in [3.05, 3.63) is 0 Å². The summed E-state index contributed by atoms with van der Waals surface area (Å²) in [6.07, 6.45) is 13.3. The van der Waals surface area contributed by atoms with Crippen LogP contribution in [0.2, 0.25) is 0 Å². The molecular formula is C16H35NO. The summed E-state index contributed by atoms with van der Waals surface area (Å²) in [7, 11) is 1.78. The molecule has 0 saturated carbocycles. The van der Waals surface area contributed by atoms with Gasteiger partial charge < -0.3 is 10.1 Å². The second-order valence-electron chi connectivity index (χ2n) is 5.34. The predicted octanol–water partition coefficient (Wildman–Crippen LogP) is 4.53. The smallest absolute Gasteiger partial charge is 0.0462 e. The van der Waals surface area contributed by atoms with Gasteiger partial charge in [-0.3, -0.25) is 0 Å². The van der Waals surface area contributed by atoms with E-state index in [1.165, 1.54) is 64.2 Å². The summed E-state index contributed by atoms with van der Waals surface area (Å²) in [5, 5.41) is 3.74. The molecule has 18 heavy (non-hydrogen) atoms. The maximum atomic E-state index is 5.08. The summed E-state index contributed by atoms with van der Waals surface area (Å²) in [6, 6.07) is 0.755. The average Bonchev–Trinajstić information content (AvgIpc) is 2.38. The van der Waals surface area contributed by atoms with Crippen molar-refractivity contribution in [1.29, 1.82) is 0 Å². The van der Waals surface area contributed by atoms with Crippen LogP contribution < -0.4 is 5.32 Å². The molecule has 0 aromatic heterocycles. The molecule has 0 atom stereocenters. The standard InChI is InChI=1S/C16H35NO/c1-4-6-8-12-16(13-9-7-5-2)17-14-10-11-15-18-3/h16-17H,4-15H2,1-3H3. The van der Waals surface area contributed by atoms with E-state index in [-0.39, 0.29) is 0 Å². The second-order valence-corrected chi connectivity index (χ2v) is 5.34. The molecule has 0 unspecified atom stereocenters. The van der Waals surface area contributed by atoms with Gasteiger partial charge in [0.25, 0.3) is 0 Å². The summed E-state index contributed by atoms with van der Waals surface area (Å²) in [6.45, 7) is 6.62. The van der Waals surface area contributed by atoms with E-state index in [0.717, 1.165) is 19.2 Å². The third-order valence-electron chi connectivity index (χ3n) is 3.52. The maximum absolute atomic E-state index is 5.08. The van der Waals surface area contributed by atoms with E-state index in [0.29, 0.717) is 0 Å². The van der Waals surface area contributed by atoms with Gasteiger partial charge in [-0.15, -0.1) is 0 Å². The minimum Gasteiger partial charge on any atom is -0.385 e. The van der Waals surface area contributed by atoms with Crippen molar-refractivity contribution >= 4 is 0 Å². The van der Waals surface area contributed by atoms with Crippen molar-refractivity contribution in [3.8, 4) is 0 Å². The molecule has 110 valence electrons. The summed E-state index contributed by atoms with van der Waals surface area (Å²) in [5.41, 5.74) is 0. The normalized spacial score (nSPS) is 11.3. The van der Waals surface area contributed by atoms with Crippen molar-refractivity contribution in [2.24, 2.45) is 0 Å². The van der Waals surface area contributed by atoms with Crippen LogP contribution in [0.5, 0.6) is 0 Å². The van der Waals surface area contributed by atoms with Crippen molar-refractivity contribution in [1.82, 2.24) is 5.32 Å². The van der Waals surface area contributed by atoms with Crippen LogP contribution in [0.4, 0.5) is 0 Å². The van der Waals surface area contributed by atoms with Crippen molar-refractivity contribution in [3.63, 3.8) is 0 Å². The first-order valence-electron chi connectivity index (χ1n) is 8.07. The largest absolute Gasteiger partial charge is 0.385 e. The highest BCUT2D eigenvalue weighted by atomic mass is 16.5. The number of methoxy groups -OCH3 is 1. The Morgan fingerprint density at radius 3 is 1.94 bits per heavy atom. The monoisotopic (exact) mass is 257 g/mol. The number of rotatable bonds is 14. The van der Waals surface area contributed by atoms with Crippen LogP contribution in [0.25, 0.3) is 0 Å². The summed E-state index contributed by atoms with van der Waals surface area (Å²) in [4.78, 5) is 0. The van der Waals surface area contributed by atoms with E-state index in [1.54, 1.807) is 7.11 Å². The Morgan fingerprint density at radius 1 is 0.833 bits per heavy atom. The first-order valence-corrected chi connectivity index (χ1v) is 8.07. The quantitative estimate of drug-likeness (QED) is 0.462. The molecule has 0 aliphatic carbocycles. The Morgan fingerprint density at radius 2 is 1.44 bits per heavy atom. The molecule has 0 rings (SSSR count). The molecule has 0 saturated heterocycles. The van der Waals surface area contributed by atoms with Crippen LogP contribution in [0.1, 0.15) is 78.1 Å². The third kappa shape index (κ3) is 12.4. The molecule has 0 amide bonds. The Kier molecular flexibility index (Phi) is 14.9. The van der Waals surface area contributed by atoms with Gasteiger partial charge in [0.1, 0.15) is 0 Å². The van der Waals surface area contributed by atoms with Gasteiger partial charge in [0.05, 0.1) is 0 Å². The van der Waals surface area contributed by atoms with Gasteiger partial charge in [-0.2, -0.15) is 0 Å². The fraction of sp³-hybridized carbons (Fsp3) is 1.00. The number of unbranched alkanes of at least 4 members (excludes halogenated alkanes) is 5. The SMILES string of the molecule is CCCCCC(CCCCC)NCCCCOC. The minimum absolute atomic E-state index is 0.755. The zero-order valence-corrected chi connectivity index (χ0v) is 13.0. The fourth-order valence-electron chi connectivity index (χ4n) is 2.31. The van der Waals surface area contributed by atoms with Crippen LogP contribution in [0, 0.1) is 0 Å². The fourth-order valence-corrected chi connectivity index (χ4v) is 2.31. The lowest BCUT2D eigenvalue weighted by Gasteiger charge is -2.18. The molecular weight excluding hydrogens is 222 g/mol. The molecule has 1 N–H and O–H groups in total. The molecule has 0 aliphatic heterocycles. The van der Waals surface area contributed by atoms with Crippen LogP contribution in [0.15, 0.2) is 0 Å². The van der Waals surface area contributed by atoms with Crippen molar-refractivity contribution in [2.45, 2.75) is 84.1 Å². The molecule has 2 nitrogen and oxygen atoms in total. The van der Waals surface area contributed by atoms with E-state index < -0.39 is 0 Å². The van der Waals surface area contributed by atoms with E-state index >= 15 is 0 Å². The molecule has 0 bridgehead atoms. The lowest BCUT2D eigenvalue weighted by molar-refractivity contribution is 0.192. The average molecular weight is 257 g/mol. The van der Waals surface area contributed by atoms with Crippen molar-refractivity contribution < 1.29 is 4.74 Å². The first kappa shape index (κ1) is 17.9. The molecule has 0 aromatic carbocycles. The molecule has 0 spiro atoms. The number of hydrogen-bond acceptors (Lipinski definition) is 2. The van der Waals surface area contributed by atoms with Gasteiger partial charge in [0.2, 0.25) is 0 Å². The number of ether oxygens (including phenoxy) is 1. The highest BCUT2D eigenvalue weighted by molar-refractivity contribution is 4.67. The van der Waals surface area contributed by atoms with E-state index in [2.05, 4.69) is 19.2 Å². The Bertz CT molecular complexity index is 140. The van der Waals surface area contributed by atoms with Gasteiger partial charge in [-0.05, 0) is 32.2 Å². The molecule has 0 heterocycles. The minimum atomic E-state index is 0.755. The number of nitrogens with one attached hydrogen (secondary N) is 1. The maximum Gasteiger partial charge on any atom is 0.0462 e. The van der Waals surface area contributed by atoms with E-state index in [4.69, 9.17) is 4.74 Å². The summed E-state index contributed by atoms with van der Waals surface area (Å²) < 4.78 is 5.08. The van der Waals surface area contributed by atoms with Gasteiger partial charge in [-0.25, -0.2) is 0 Å². The first-order chi connectivity index (χ1) is 8.85. The number of hydrogen-bond donors (Lipinski definition) is 1. The van der Waals surface area contributed by atoms with Gasteiger partial charge in [-0.1, -0.05) is 52.4 Å². The van der Waals surface area contributed by atoms with Crippen LogP contribution in [-0.4, -0.2) is 26.3 Å². The van der Waals surface area contributed by atoms with Gasteiger partial charge in [0, 0.05) is 19.8 Å². The van der Waals surface area contributed by atoms with Gasteiger partial charge >= 0.3 is 0 Å². The lowest BCUT2D eigenvalue weighted by atomic mass is 10.0. The predicted molar refractivity (Wildman–Crippen MR) is 81.2 cm³/mol. The summed E-state index contributed by atoms with van der Waals surface area (Å²) in [5.74, 6) is 0. The topological polar surface area (TPSA) is 21.3 Å². The Hall–Kier alpha value is -0.0800. The third-order valence-corrected chi connectivity index (χ3v) is 3.52. The Balaban J connectivity index is 3.60. The lowest BCUT2D eigenvalue weighted by Crippen LogP contribution is -2.30. The second kappa shape index (κ2) is 15.0. The van der Waals surface area contributed by atoms with Gasteiger partial charge in [0.15, 0.2) is 0 Å². The highest BCUT2D eigenvalue weighted by Gasteiger charge is 2.06. The van der Waals surface area contributed by atoms with E-state index in [1.807, 2.05) is 0 Å². The molecule has 2 heteroatoms. The van der Waals surface area contributed by atoms with Crippen LogP contribution in [-0.2, 0) is 4.74 Å². The zero-order valence-electron chi connectivity index (χ0n) is 13.0. The summed E-state index contributed by atoms with van der Waals surface area (Å²) >= 11 is 0. The molecule has 0 fully saturated rings. The van der Waals surface area contributed by atoms with Crippen LogP contribution in [0.3, 0.4) is 0 Å². The van der Waals surface area contributed by atoms with Crippen LogP contribution >= 0.6 is 0 Å². The highest BCUT2D eigenvalue weighted by Crippen LogP contribution is 2.11. The molecule has 0 aromatic rings.